The third-order valence-electron chi connectivity index (χ3n) is 5.50. The number of carboxylic acids is 1. The Balaban J connectivity index is 2.11. The number of hydrogen-bond donors (Lipinski definition) is 2. The minimum absolute atomic E-state index is 0.214. The summed E-state index contributed by atoms with van der Waals surface area (Å²) < 4.78 is 5.25. The molecule has 3 unspecified atom stereocenters. The van der Waals surface area contributed by atoms with Gasteiger partial charge >= 0.3 is 11.9 Å². The average Bonchev–Trinajstić information content (AvgIpc) is 3.21. The third-order valence-corrected chi connectivity index (χ3v) is 5.50. The van der Waals surface area contributed by atoms with Gasteiger partial charge in [-0.15, -0.1) is 0 Å². The van der Waals surface area contributed by atoms with E-state index in [9.17, 15) is 19.5 Å². The maximum absolute atomic E-state index is 13.1. The quantitative estimate of drug-likeness (QED) is 0.547. The number of nitrogens with two attached hydrogens (primary N) is 1. The van der Waals surface area contributed by atoms with E-state index in [1.165, 1.54) is 4.90 Å². The second kappa shape index (κ2) is 11.6. The molecule has 1 aliphatic rings. The molecule has 1 heterocycles. The molecule has 1 fully saturated rings. The average molecular weight is 405 g/mol. The number of carboxylic acid groups (broad SMARTS) is 1. The van der Waals surface area contributed by atoms with Crippen molar-refractivity contribution in [3.8, 4) is 0 Å². The fourth-order valence-corrected chi connectivity index (χ4v) is 3.99. The second-order valence-corrected chi connectivity index (χ2v) is 7.51. The van der Waals surface area contributed by atoms with Crippen molar-refractivity contribution in [2.24, 2.45) is 17.6 Å². The van der Waals surface area contributed by atoms with E-state index in [1.54, 1.807) is 6.92 Å². The summed E-state index contributed by atoms with van der Waals surface area (Å²) in [5.74, 6) is -2.41. The molecule has 1 aliphatic heterocycles. The molecule has 1 saturated heterocycles. The summed E-state index contributed by atoms with van der Waals surface area (Å²) in [5, 5.41) is 9.40. The van der Waals surface area contributed by atoms with E-state index in [2.05, 4.69) is 0 Å². The van der Waals surface area contributed by atoms with Gasteiger partial charge in [-0.2, -0.15) is 0 Å². The molecule has 7 nitrogen and oxygen atoms in total. The van der Waals surface area contributed by atoms with Crippen molar-refractivity contribution >= 4 is 17.8 Å². The van der Waals surface area contributed by atoms with Gasteiger partial charge in [-0.05, 0) is 57.6 Å². The fraction of sp³-hybridized carbons (Fsp3) is 0.591. The molecule has 0 bridgehead atoms. The summed E-state index contributed by atoms with van der Waals surface area (Å²) >= 11 is 0. The van der Waals surface area contributed by atoms with Crippen LogP contribution in [0.25, 0.3) is 0 Å². The van der Waals surface area contributed by atoms with Crippen LogP contribution in [-0.2, 0) is 25.5 Å². The molecule has 0 aromatic heterocycles. The van der Waals surface area contributed by atoms with Crippen LogP contribution < -0.4 is 5.73 Å². The minimum atomic E-state index is -0.978. The maximum Gasteiger partial charge on any atom is 0.326 e. The molecule has 7 heteroatoms. The molecule has 3 atom stereocenters. The summed E-state index contributed by atoms with van der Waals surface area (Å²) in [4.78, 5) is 38.6. The van der Waals surface area contributed by atoms with Gasteiger partial charge in [0.05, 0.1) is 12.5 Å². The molecule has 1 aromatic rings. The Morgan fingerprint density at radius 1 is 1.21 bits per heavy atom. The predicted molar refractivity (Wildman–Crippen MR) is 109 cm³/mol. The summed E-state index contributed by atoms with van der Waals surface area (Å²) in [6, 6.07) is 9.08. The largest absolute Gasteiger partial charge is 0.480 e. The first-order chi connectivity index (χ1) is 14.0. The summed E-state index contributed by atoms with van der Waals surface area (Å²) in [5.41, 5.74) is 6.85. The fourth-order valence-electron chi connectivity index (χ4n) is 3.99. The lowest BCUT2D eigenvalue weighted by molar-refractivity contribution is -0.152. The summed E-state index contributed by atoms with van der Waals surface area (Å²) in [6.45, 7) is 2.78. The van der Waals surface area contributed by atoms with E-state index in [0.717, 1.165) is 5.56 Å². The monoisotopic (exact) mass is 404 g/mol. The van der Waals surface area contributed by atoms with Crippen LogP contribution in [0.3, 0.4) is 0 Å². The predicted octanol–water partition coefficient (Wildman–Crippen LogP) is 2.23. The molecular formula is C22H32N2O5. The first-order valence-corrected chi connectivity index (χ1v) is 10.4. The Bertz CT molecular complexity index is 679. The van der Waals surface area contributed by atoms with Crippen molar-refractivity contribution in [1.29, 1.82) is 0 Å². The molecule has 0 aliphatic carbocycles. The highest BCUT2D eigenvalue weighted by molar-refractivity contribution is 5.86. The number of hydrogen-bond acceptors (Lipinski definition) is 5. The Labute approximate surface area is 172 Å². The Morgan fingerprint density at radius 3 is 2.55 bits per heavy atom. The SMILES string of the molecule is CCOC(=O)C(CCc1ccccc1)CC(CCN)C(=O)N1CCCC1C(=O)O. The van der Waals surface area contributed by atoms with Crippen molar-refractivity contribution in [2.75, 3.05) is 19.7 Å². The zero-order chi connectivity index (χ0) is 21.2. The van der Waals surface area contributed by atoms with Crippen molar-refractivity contribution in [1.82, 2.24) is 4.90 Å². The molecule has 3 N–H and O–H groups in total. The molecule has 160 valence electrons. The van der Waals surface area contributed by atoms with E-state index >= 15 is 0 Å². The maximum atomic E-state index is 13.1. The van der Waals surface area contributed by atoms with Crippen molar-refractivity contribution in [3.63, 3.8) is 0 Å². The van der Waals surface area contributed by atoms with E-state index < -0.39 is 23.8 Å². The van der Waals surface area contributed by atoms with Crippen molar-refractivity contribution in [3.05, 3.63) is 35.9 Å². The molecule has 1 amide bonds. The van der Waals surface area contributed by atoms with E-state index in [0.29, 0.717) is 51.6 Å². The van der Waals surface area contributed by atoms with Crippen LogP contribution in [0.1, 0.15) is 44.6 Å². The number of carbonyl (C=O) groups is 3. The van der Waals surface area contributed by atoms with Crippen LogP contribution in [-0.4, -0.2) is 53.6 Å². The van der Waals surface area contributed by atoms with Gasteiger partial charge in [-0.25, -0.2) is 4.79 Å². The van der Waals surface area contributed by atoms with Crippen LogP contribution in [0.2, 0.25) is 0 Å². The number of likely N-dealkylation sites (tertiary alicyclic amines) is 1. The Hall–Kier alpha value is -2.41. The lowest BCUT2D eigenvalue weighted by atomic mass is 9.87. The van der Waals surface area contributed by atoms with Gasteiger partial charge in [0, 0.05) is 12.5 Å². The zero-order valence-electron chi connectivity index (χ0n) is 17.1. The number of benzene rings is 1. The smallest absolute Gasteiger partial charge is 0.326 e. The van der Waals surface area contributed by atoms with Gasteiger partial charge in [0.15, 0.2) is 0 Å². The molecule has 0 radical (unpaired) electrons. The van der Waals surface area contributed by atoms with Crippen LogP contribution in [0.4, 0.5) is 0 Å². The first-order valence-electron chi connectivity index (χ1n) is 10.4. The number of esters is 1. The number of amides is 1. The second-order valence-electron chi connectivity index (χ2n) is 7.51. The topological polar surface area (TPSA) is 110 Å². The van der Waals surface area contributed by atoms with E-state index in [4.69, 9.17) is 10.5 Å². The Morgan fingerprint density at radius 2 is 1.93 bits per heavy atom. The van der Waals surface area contributed by atoms with Crippen LogP contribution in [0, 0.1) is 11.8 Å². The van der Waals surface area contributed by atoms with Gasteiger partial charge in [0.25, 0.3) is 0 Å². The number of aryl methyl sites for hydroxylation is 1. The molecular weight excluding hydrogens is 372 g/mol. The number of nitrogens with zero attached hydrogens (tertiary/aromatic N) is 1. The standard InChI is InChI=1S/C22H32N2O5/c1-2-29-22(28)18(11-10-16-7-4-3-5-8-16)15-17(12-13-23)20(25)24-14-6-9-19(24)21(26)27/h3-5,7-8,17-19H,2,6,9-15,23H2,1H3,(H,26,27). The summed E-state index contributed by atoms with van der Waals surface area (Å²) in [7, 11) is 0. The number of ether oxygens (including phenoxy) is 1. The Kier molecular flexibility index (Phi) is 9.12. The highest BCUT2D eigenvalue weighted by atomic mass is 16.5. The van der Waals surface area contributed by atoms with Crippen LogP contribution in [0.5, 0.6) is 0 Å². The molecule has 1 aromatic carbocycles. The van der Waals surface area contributed by atoms with Crippen LogP contribution in [0.15, 0.2) is 30.3 Å². The minimum Gasteiger partial charge on any atom is -0.480 e. The third kappa shape index (κ3) is 6.56. The summed E-state index contributed by atoms with van der Waals surface area (Å²) in [6.07, 6.45) is 3.15. The van der Waals surface area contributed by atoms with Gasteiger partial charge in [0.1, 0.15) is 6.04 Å². The van der Waals surface area contributed by atoms with Crippen molar-refractivity contribution in [2.45, 2.75) is 51.5 Å². The van der Waals surface area contributed by atoms with Crippen LogP contribution >= 0.6 is 0 Å². The number of carbonyl (C=O) groups excluding carboxylic acids is 2. The molecule has 2 rings (SSSR count). The van der Waals surface area contributed by atoms with Gasteiger partial charge in [0.2, 0.25) is 5.91 Å². The van der Waals surface area contributed by atoms with Crippen molar-refractivity contribution < 1.29 is 24.2 Å². The normalized spacial score (nSPS) is 18.3. The molecule has 0 saturated carbocycles. The van der Waals surface area contributed by atoms with Gasteiger partial charge in [-0.1, -0.05) is 30.3 Å². The molecule has 0 spiro atoms. The highest BCUT2D eigenvalue weighted by Gasteiger charge is 2.38. The lowest BCUT2D eigenvalue weighted by Gasteiger charge is -2.28. The van der Waals surface area contributed by atoms with E-state index in [-0.39, 0.29) is 18.5 Å². The number of aliphatic carboxylic acids is 1. The van der Waals surface area contributed by atoms with Gasteiger partial charge in [-0.3, -0.25) is 9.59 Å². The number of rotatable bonds is 11. The first kappa shape index (κ1) is 22.9. The van der Waals surface area contributed by atoms with Gasteiger partial charge < -0.3 is 20.5 Å². The lowest BCUT2D eigenvalue weighted by Crippen LogP contribution is -2.44. The zero-order valence-corrected chi connectivity index (χ0v) is 17.1. The molecule has 29 heavy (non-hydrogen) atoms. The van der Waals surface area contributed by atoms with E-state index in [1.807, 2.05) is 30.3 Å². The highest BCUT2D eigenvalue weighted by Crippen LogP contribution is 2.27.